The number of carbonyl (C=O) groups is 1. The number of nitrogens with zero attached hydrogens (tertiary/aromatic N) is 3. The maximum atomic E-state index is 14.2. The predicted octanol–water partition coefficient (Wildman–Crippen LogP) is 6.77. The van der Waals surface area contributed by atoms with Crippen LogP contribution in [0.5, 0.6) is 0 Å². The first-order valence-electron chi connectivity index (χ1n) is 13.9. The minimum Gasteiger partial charge on any atom is -0.368 e. The van der Waals surface area contributed by atoms with Crippen molar-refractivity contribution in [2.75, 3.05) is 29.5 Å². The molecule has 7 nitrogen and oxygen atoms in total. The Kier molecular flexibility index (Phi) is 7.53. The highest BCUT2D eigenvalue weighted by Crippen LogP contribution is 2.47. The molecule has 1 saturated heterocycles. The summed E-state index contributed by atoms with van der Waals surface area (Å²) in [5.74, 6) is -1.33. The first kappa shape index (κ1) is 28.1. The molecule has 216 valence electrons. The predicted molar refractivity (Wildman–Crippen MR) is 158 cm³/mol. The Labute approximate surface area is 243 Å². The number of nitriles is 1. The number of thiazole rings is 1. The Balaban J connectivity index is 1.36. The van der Waals surface area contributed by atoms with Gasteiger partial charge in [0.15, 0.2) is 0 Å². The molecule has 0 unspecified atom stereocenters. The smallest absolute Gasteiger partial charge is 0.225 e. The molecule has 0 bridgehead atoms. The third-order valence-corrected chi connectivity index (χ3v) is 11.3. The topological polar surface area (TPSA) is 109 Å². The van der Waals surface area contributed by atoms with Crippen LogP contribution in [0.4, 0.5) is 14.5 Å². The number of halogens is 2. The normalized spacial score (nSPS) is 23.8. The fourth-order valence-corrected chi connectivity index (χ4v) is 8.25. The largest absolute Gasteiger partial charge is 0.368 e. The van der Waals surface area contributed by atoms with Crippen LogP contribution in [0.15, 0.2) is 42.5 Å². The average molecular weight is 599 g/mol. The molecular weight excluding hydrogens is 566 g/mol. The Morgan fingerprint density at radius 1 is 1.05 bits per heavy atom. The van der Waals surface area contributed by atoms with Crippen LogP contribution in [0.2, 0.25) is 0 Å². The number of amides is 1. The molecule has 1 amide bonds. The molecule has 2 saturated carbocycles. The molecule has 6 rings (SSSR count). The van der Waals surface area contributed by atoms with E-state index in [0.717, 1.165) is 47.2 Å². The molecule has 3 N–H and O–H groups in total. The zero-order valence-corrected chi connectivity index (χ0v) is 24.1. The Bertz CT molecular complexity index is 1470. The van der Waals surface area contributed by atoms with E-state index in [1.54, 1.807) is 0 Å². The van der Waals surface area contributed by atoms with E-state index in [1.165, 1.54) is 23.5 Å². The van der Waals surface area contributed by atoms with Crippen molar-refractivity contribution in [1.82, 2.24) is 10.3 Å². The molecule has 2 aromatic carbocycles. The molecule has 3 fully saturated rings. The van der Waals surface area contributed by atoms with Gasteiger partial charge in [-0.25, -0.2) is 13.8 Å². The molecule has 2 heterocycles. The number of rotatable bonds is 6. The molecule has 2 atom stereocenters. The highest BCUT2D eigenvalue weighted by atomic mass is 32.3. The molecule has 0 radical (unpaired) electrons. The standard InChI is InChI=1S/C30H32F2N4O3S2/c31-21-15-20(16-22(32)17-21)29-34-26(24-3-1-2-4-25(24)28(37)35-30(18-33)9-10-30)27(40-29)19-5-7-23(8-6-19)36-11-13-41(38,39)14-12-36/h5-8,15-17,24-25,38-39H,1-4,9-14H2,(H,35,37)/t24-,25-/m1/s1. The number of carbonyl (C=O) groups excluding carboxylic acids is 1. The number of benzene rings is 2. The van der Waals surface area contributed by atoms with E-state index < -0.39 is 27.8 Å². The summed E-state index contributed by atoms with van der Waals surface area (Å²) in [6.45, 7) is 1.12. The van der Waals surface area contributed by atoms with Crippen LogP contribution in [0.1, 0.15) is 50.1 Å². The van der Waals surface area contributed by atoms with Crippen LogP contribution in [-0.4, -0.2) is 50.1 Å². The van der Waals surface area contributed by atoms with Crippen LogP contribution >= 0.6 is 21.9 Å². The summed E-state index contributed by atoms with van der Waals surface area (Å²) in [6, 6.07) is 13.6. The van der Waals surface area contributed by atoms with Gasteiger partial charge in [-0.15, -0.1) is 11.3 Å². The first-order chi connectivity index (χ1) is 19.7. The number of hydrogen-bond acceptors (Lipinski definition) is 7. The van der Waals surface area contributed by atoms with Crippen LogP contribution in [0.25, 0.3) is 21.0 Å². The Morgan fingerprint density at radius 2 is 1.71 bits per heavy atom. The van der Waals surface area contributed by atoms with Crippen LogP contribution in [-0.2, 0) is 4.79 Å². The molecular formula is C30H32F2N4O3S2. The molecule has 3 aromatic rings. The van der Waals surface area contributed by atoms with E-state index in [0.29, 0.717) is 54.4 Å². The van der Waals surface area contributed by atoms with Crippen molar-refractivity contribution in [3.63, 3.8) is 0 Å². The van der Waals surface area contributed by atoms with Gasteiger partial charge in [-0.3, -0.25) is 13.9 Å². The first-order valence-corrected chi connectivity index (χ1v) is 16.6. The highest BCUT2D eigenvalue weighted by molar-refractivity contribution is 8.24. The maximum absolute atomic E-state index is 14.2. The lowest BCUT2D eigenvalue weighted by Crippen LogP contribution is -2.42. The van der Waals surface area contributed by atoms with Crippen LogP contribution in [0, 0.1) is 28.9 Å². The molecule has 11 heteroatoms. The summed E-state index contributed by atoms with van der Waals surface area (Å²) in [6.07, 6.45) is 4.60. The molecule has 2 aliphatic carbocycles. The van der Waals surface area contributed by atoms with Gasteiger partial charge in [-0.05, 0) is 55.5 Å². The summed E-state index contributed by atoms with van der Waals surface area (Å²) < 4.78 is 48.3. The van der Waals surface area contributed by atoms with Gasteiger partial charge in [0.2, 0.25) is 5.91 Å². The van der Waals surface area contributed by atoms with Gasteiger partial charge < -0.3 is 10.2 Å². The quantitative estimate of drug-likeness (QED) is 0.289. The van der Waals surface area contributed by atoms with Gasteiger partial charge in [-0.1, -0.05) is 25.0 Å². The number of anilines is 1. The zero-order chi connectivity index (χ0) is 28.8. The lowest BCUT2D eigenvalue weighted by molar-refractivity contribution is -0.127. The van der Waals surface area contributed by atoms with Crippen molar-refractivity contribution in [1.29, 1.82) is 5.26 Å². The minimum atomic E-state index is -2.50. The van der Waals surface area contributed by atoms with Crippen molar-refractivity contribution in [2.24, 2.45) is 5.92 Å². The van der Waals surface area contributed by atoms with E-state index in [1.807, 2.05) is 24.3 Å². The van der Waals surface area contributed by atoms with Gasteiger partial charge in [0, 0.05) is 42.2 Å². The SMILES string of the molecule is N#CC1(NC(=O)[C@@H]2CCCC[C@H]2c2nc(-c3cc(F)cc(F)c3)sc2-c2ccc(N3CCS(O)(O)CC3)cc2)CC1. The lowest BCUT2D eigenvalue weighted by atomic mass is 9.76. The van der Waals surface area contributed by atoms with Gasteiger partial charge in [0.1, 0.15) is 22.2 Å². The summed E-state index contributed by atoms with van der Waals surface area (Å²) in [5, 5.41) is 13.0. The zero-order valence-electron chi connectivity index (χ0n) is 22.5. The van der Waals surface area contributed by atoms with Gasteiger partial charge in [-0.2, -0.15) is 15.9 Å². The second-order valence-corrected chi connectivity index (χ2v) is 14.7. The van der Waals surface area contributed by atoms with E-state index in [9.17, 15) is 27.9 Å². The maximum Gasteiger partial charge on any atom is 0.225 e. The van der Waals surface area contributed by atoms with E-state index in [4.69, 9.17) is 4.98 Å². The third kappa shape index (κ3) is 5.97. The monoisotopic (exact) mass is 598 g/mol. The Morgan fingerprint density at radius 3 is 2.34 bits per heavy atom. The van der Waals surface area contributed by atoms with E-state index in [2.05, 4.69) is 16.3 Å². The fraction of sp³-hybridized carbons (Fsp3) is 0.433. The highest BCUT2D eigenvalue weighted by Gasteiger charge is 2.47. The summed E-state index contributed by atoms with van der Waals surface area (Å²) >= 11 is 1.36. The molecule has 1 aromatic heterocycles. The molecule has 41 heavy (non-hydrogen) atoms. The minimum absolute atomic E-state index is 0.127. The van der Waals surface area contributed by atoms with Crippen molar-refractivity contribution in [2.45, 2.75) is 50.0 Å². The average Bonchev–Trinajstić information content (AvgIpc) is 3.59. The van der Waals surface area contributed by atoms with Crippen molar-refractivity contribution >= 4 is 33.5 Å². The lowest BCUT2D eigenvalue weighted by Gasteiger charge is -2.41. The molecule has 3 aliphatic rings. The van der Waals surface area contributed by atoms with Crippen molar-refractivity contribution < 1.29 is 22.7 Å². The summed E-state index contributed by atoms with van der Waals surface area (Å²) in [4.78, 5) is 21.4. The van der Waals surface area contributed by atoms with Gasteiger partial charge in [0.25, 0.3) is 0 Å². The van der Waals surface area contributed by atoms with Crippen LogP contribution in [0.3, 0.4) is 0 Å². The second-order valence-electron chi connectivity index (χ2n) is 11.3. The van der Waals surface area contributed by atoms with Crippen LogP contribution < -0.4 is 10.2 Å². The van der Waals surface area contributed by atoms with Crippen molar-refractivity contribution in [3.05, 3.63) is 59.8 Å². The summed E-state index contributed by atoms with van der Waals surface area (Å²) in [5.41, 5.74) is 2.21. The fourth-order valence-electron chi connectivity index (χ4n) is 5.89. The van der Waals surface area contributed by atoms with E-state index in [-0.39, 0.29) is 17.7 Å². The Hall–Kier alpha value is -3.04. The van der Waals surface area contributed by atoms with Gasteiger partial charge in [0.05, 0.1) is 28.1 Å². The number of hydrogen-bond donors (Lipinski definition) is 3. The molecule has 1 aliphatic heterocycles. The second kappa shape index (κ2) is 11.0. The number of nitrogens with one attached hydrogen (secondary N) is 1. The number of aromatic nitrogens is 1. The summed E-state index contributed by atoms with van der Waals surface area (Å²) in [7, 11) is -2.50. The molecule has 0 spiro atoms. The van der Waals surface area contributed by atoms with Gasteiger partial charge >= 0.3 is 0 Å². The van der Waals surface area contributed by atoms with E-state index >= 15 is 0 Å². The third-order valence-electron chi connectivity index (χ3n) is 8.41. The van der Waals surface area contributed by atoms with Crippen molar-refractivity contribution in [3.8, 4) is 27.1 Å².